The van der Waals surface area contributed by atoms with E-state index in [9.17, 15) is 8.78 Å². The van der Waals surface area contributed by atoms with E-state index in [0.29, 0.717) is 29.8 Å². The highest BCUT2D eigenvalue weighted by Gasteiger charge is 2.46. The van der Waals surface area contributed by atoms with Gasteiger partial charge in [-0.2, -0.15) is 9.97 Å². The Morgan fingerprint density at radius 3 is 2.80 bits per heavy atom. The maximum Gasteiger partial charge on any atom is 0.586 e. The number of fused-ring (bicyclic) bond motifs is 5. The van der Waals surface area contributed by atoms with Crippen molar-refractivity contribution in [3.63, 3.8) is 0 Å². The molecule has 3 aromatic rings. The van der Waals surface area contributed by atoms with Gasteiger partial charge < -0.3 is 24.4 Å². The minimum Gasteiger partial charge on any atom is -0.461 e. The summed E-state index contributed by atoms with van der Waals surface area (Å²) in [6, 6.07) is 4.76. The Hall–Kier alpha value is -3.38. The number of hydrogen-bond donors (Lipinski definition) is 1. The fraction of sp³-hybridized carbons (Fsp3) is 0.552. The summed E-state index contributed by atoms with van der Waals surface area (Å²) >= 11 is 0. The molecule has 2 unspecified atom stereocenters. The first-order chi connectivity index (χ1) is 19.9. The second-order valence-corrected chi connectivity index (χ2v) is 12.0. The van der Waals surface area contributed by atoms with Gasteiger partial charge >= 0.3 is 12.3 Å². The molecule has 216 valence electrons. The van der Waals surface area contributed by atoms with Gasteiger partial charge in [-0.3, -0.25) is 9.88 Å². The van der Waals surface area contributed by atoms with E-state index < -0.39 is 12.1 Å². The van der Waals surface area contributed by atoms with E-state index in [1.54, 1.807) is 0 Å². The van der Waals surface area contributed by atoms with Gasteiger partial charge in [0, 0.05) is 30.9 Å². The van der Waals surface area contributed by atoms with Crippen LogP contribution in [0.25, 0.3) is 22.2 Å². The molecule has 12 heteroatoms. The van der Waals surface area contributed by atoms with Crippen molar-refractivity contribution < 1.29 is 27.4 Å². The molecule has 0 spiro atoms. The molecule has 0 saturated carbocycles. The largest absolute Gasteiger partial charge is 0.586 e. The van der Waals surface area contributed by atoms with Crippen molar-refractivity contribution in [1.29, 1.82) is 0 Å². The molecule has 5 aliphatic rings. The number of aromatic nitrogens is 3. The van der Waals surface area contributed by atoms with Crippen LogP contribution in [0.3, 0.4) is 0 Å². The Bertz CT molecular complexity index is 1510. The van der Waals surface area contributed by atoms with Gasteiger partial charge in [0.05, 0.1) is 10.9 Å². The Morgan fingerprint density at radius 1 is 1.10 bits per heavy atom. The standard InChI is InChI=1S/C29H31F3N6O3/c30-22-23(19-4-1-5-21-25(19)41-29(31,32)40-21)34-14-20-24(22)35-27(39-16-28-7-2-9-38(28)10-3-8-28)36-26(20)37-11-6-17-12-18(15-37)33-13-17/h1,4-5,14,17-18,33H,2-3,6-13,15-16H2. The van der Waals surface area contributed by atoms with Gasteiger partial charge in [0.25, 0.3) is 0 Å². The first kappa shape index (κ1) is 25.3. The molecule has 2 aromatic heterocycles. The molecule has 0 aliphatic carbocycles. The monoisotopic (exact) mass is 568 g/mol. The lowest BCUT2D eigenvalue weighted by Gasteiger charge is -2.31. The van der Waals surface area contributed by atoms with Crippen molar-refractivity contribution in [3.8, 4) is 28.8 Å². The molecule has 2 bridgehead atoms. The minimum atomic E-state index is -3.84. The lowest BCUT2D eigenvalue weighted by molar-refractivity contribution is -0.286. The van der Waals surface area contributed by atoms with Gasteiger partial charge in [-0.15, -0.1) is 8.78 Å². The smallest absolute Gasteiger partial charge is 0.461 e. The van der Waals surface area contributed by atoms with E-state index in [2.05, 4.69) is 29.8 Å². The maximum absolute atomic E-state index is 16.4. The number of nitrogens with zero attached hydrogens (tertiary/aromatic N) is 5. The zero-order valence-corrected chi connectivity index (χ0v) is 22.5. The van der Waals surface area contributed by atoms with Gasteiger partial charge in [-0.25, -0.2) is 4.39 Å². The second kappa shape index (κ2) is 9.32. The molecule has 4 saturated heterocycles. The molecule has 0 radical (unpaired) electrons. The van der Waals surface area contributed by atoms with Gasteiger partial charge in [-0.05, 0) is 76.2 Å². The van der Waals surface area contributed by atoms with Crippen LogP contribution >= 0.6 is 0 Å². The van der Waals surface area contributed by atoms with Crippen LogP contribution in [0.5, 0.6) is 17.5 Å². The molecule has 0 amide bonds. The van der Waals surface area contributed by atoms with Crippen LogP contribution in [0.15, 0.2) is 24.4 Å². The van der Waals surface area contributed by atoms with Crippen molar-refractivity contribution in [1.82, 2.24) is 25.2 Å². The molecule has 41 heavy (non-hydrogen) atoms. The van der Waals surface area contributed by atoms with E-state index in [-0.39, 0.29) is 39.8 Å². The summed E-state index contributed by atoms with van der Waals surface area (Å²) in [5, 5.41) is 4.03. The number of nitrogens with one attached hydrogen (secondary N) is 1. The van der Waals surface area contributed by atoms with E-state index in [1.165, 1.54) is 24.4 Å². The SMILES string of the molecule is Fc1c(-c2cccc3c2OC(F)(F)O3)ncc2c(N3CCC4CNC(C4)C3)nc(OCC34CCCN3CCC4)nc12. The average molecular weight is 569 g/mol. The second-order valence-electron chi connectivity index (χ2n) is 12.0. The van der Waals surface area contributed by atoms with Crippen molar-refractivity contribution in [2.75, 3.05) is 44.2 Å². The first-order valence-corrected chi connectivity index (χ1v) is 14.5. The molecule has 4 fully saturated rings. The number of rotatable bonds is 5. The zero-order chi connectivity index (χ0) is 27.8. The summed E-state index contributed by atoms with van der Waals surface area (Å²) in [4.78, 5) is 18.4. The van der Waals surface area contributed by atoms with Crippen molar-refractivity contribution in [2.45, 2.75) is 56.4 Å². The normalized spacial score (nSPS) is 26.0. The van der Waals surface area contributed by atoms with Crippen LogP contribution in [0.4, 0.5) is 19.0 Å². The third-order valence-electron chi connectivity index (χ3n) is 9.47. The Kier molecular flexibility index (Phi) is 5.76. The Balaban J connectivity index is 1.22. The van der Waals surface area contributed by atoms with Crippen LogP contribution < -0.4 is 24.4 Å². The third kappa shape index (κ3) is 4.25. The van der Waals surface area contributed by atoms with Gasteiger partial charge in [-0.1, -0.05) is 6.07 Å². The highest BCUT2D eigenvalue weighted by Crippen LogP contribution is 2.48. The number of ether oxygens (including phenoxy) is 3. The van der Waals surface area contributed by atoms with Crippen molar-refractivity contribution in [3.05, 3.63) is 30.2 Å². The lowest BCUT2D eigenvalue weighted by atomic mass is 9.95. The summed E-state index contributed by atoms with van der Waals surface area (Å²) in [5.74, 6) is -0.00531. The molecule has 9 nitrogen and oxygen atoms in total. The first-order valence-electron chi connectivity index (χ1n) is 14.5. The number of para-hydroxylation sites is 1. The predicted octanol–water partition coefficient (Wildman–Crippen LogP) is 4.35. The third-order valence-corrected chi connectivity index (χ3v) is 9.47. The lowest BCUT2D eigenvalue weighted by Crippen LogP contribution is -2.43. The number of hydrogen-bond acceptors (Lipinski definition) is 9. The molecule has 7 heterocycles. The number of anilines is 1. The van der Waals surface area contributed by atoms with E-state index in [1.807, 2.05) is 0 Å². The summed E-state index contributed by atoms with van der Waals surface area (Å²) in [7, 11) is 0. The average Bonchev–Trinajstić information content (AvgIpc) is 3.68. The molecule has 5 aliphatic heterocycles. The maximum atomic E-state index is 16.4. The van der Waals surface area contributed by atoms with Crippen LogP contribution in [0.1, 0.15) is 38.5 Å². The van der Waals surface area contributed by atoms with Crippen molar-refractivity contribution in [2.24, 2.45) is 5.92 Å². The minimum absolute atomic E-state index is 0.0285. The topological polar surface area (TPSA) is 84.9 Å². The molecule has 2 atom stereocenters. The van der Waals surface area contributed by atoms with E-state index in [4.69, 9.17) is 14.5 Å². The molecule has 1 aromatic carbocycles. The molecule has 8 rings (SSSR count). The number of halogens is 3. The van der Waals surface area contributed by atoms with Crippen molar-refractivity contribution >= 4 is 16.7 Å². The number of alkyl halides is 2. The Labute approximate surface area is 235 Å². The van der Waals surface area contributed by atoms with Crippen LogP contribution in [-0.2, 0) is 0 Å². The van der Waals surface area contributed by atoms with Gasteiger partial charge in [0.15, 0.2) is 17.3 Å². The van der Waals surface area contributed by atoms with Crippen LogP contribution in [0.2, 0.25) is 0 Å². The highest BCUT2D eigenvalue weighted by atomic mass is 19.3. The Morgan fingerprint density at radius 2 is 1.95 bits per heavy atom. The molecular formula is C29H31F3N6O3. The quantitative estimate of drug-likeness (QED) is 0.483. The summed E-state index contributed by atoms with van der Waals surface area (Å²) in [6.07, 6.45) is 4.16. The van der Waals surface area contributed by atoms with Gasteiger partial charge in [0.1, 0.15) is 23.6 Å². The summed E-state index contributed by atoms with van der Waals surface area (Å²) in [5.41, 5.74) is -0.0873. The van der Waals surface area contributed by atoms with Crippen LogP contribution in [-0.4, -0.2) is 77.1 Å². The summed E-state index contributed by atoms with van der Waals surface area (Å²) in [6.45, 7) is 5.09. The molecule has 1 N–H and O–H groups in total. The zero-order valence-electron chi connectivity index (χ0n) is 22.5. The fourth-order valence-corrected chi connectivity index (χ4v) is 7.48. The van der Waals surface area contributed by atoms with E-state index in [0.717, 1.165) is 71.2 Å². The van der Waals surface area contributed by atoms with E-state index >= 15 is 4.39 Å². The highest BCUT2D eigenvalue weighted by molar-refractivity contribution is 5.92. The summed E-state index contributed by atoms with van der Waals surface area (Å²) < 4.78 is 59.8. The fourth-order valence-electron chi connectivity index (χ4n) is 7.48. The van der Waals surface area contributed by atoms with Crippen LogP contribution in [0, 0.1) is 11.7 Å². The number of pyridine rings is 1. The number of benzene rings is 1. The molecular weight excluding hydrogens is 537 g/mol. The van der Waals surface area contributed by atoms with Gasteiger partial charge in [0.2, 0.25) is 0 Å². The predicted molar refractivity (Wildman–Crippen MR) is 144 cm³/mol.